The van der Waals surface area contributed by atoms with Gasteiger partial charge in [-0.05, 0) is 45.2 Å². The number of hydrogen-bond donors (Lipinski definition) is 2. The first-order chi connectivity index (χ1) is 10.8. The van der Waals surface area contributed by atoms with Crippen molar-refractivity contribution in [1.82, 2.24) is 5.32 Å². The lowest BCUT2D eigenvalue weighted by Gasteiger charge is -2.19. The average molecular weight is 322 g/mol. The Labute approximate surface area is 139 Å². The maximum absolute atomic E-state index is 11.5. The number of anilines is 1. The highest BCUT2D eigenvalue weighted by molar-refractivity contribution is 5.67. The molecule has 5 heteroatoms. The zero-order valence-electron chi connectivity index (χ0n) is 14.9. The molecule has 0 unspecified atom stereocenters. The Bertz CT molecular complexity index is 481. The summed E-state index contributed by atoms with van der Waals surface area (Å²) in [7, 11) is 0. The summed E-state index contributed by atoms with van der Waals surface area (Å²) in [6.07, 6.45) is 0.442. The minimum Gasteiger partial charge on any atom is -0.493 e. The van der Waals surface area contributed by atoms with E-state index in [0.29, 0.717) is 19.1 Å². The van der Waals surface area contributed by atoms with Crippen molar-refractivity contribution in [2.75, 3.05) is 25.0 Å². The van der Waals surface area contributed by atoms with Crippen molar-refractivity contribution < 1.29 is 14.3 Å². The van der Waals surface area contributed by atoms with Gasteiger partial charge in [-0.25, -0.2) is 4.79 Å². The maximum atomic E-state index is 11.5. The van der Waals surface area contributed by atoms with Crippen LogP contribution in [0.4, 0.5) is 10.5 Å². The van der Waals surface area contributed by atoms with Crippen LogP contribution in [0.2, 0.25) is 0 Å². The van der Waals surface area contributed by atoms with Gasteiger partial charge in [0.2, 0.25) is 0 Å². The highest BCUT2D eigenvalue weighted by atomic mass is 16.6. The summed E-state index contributed by atoms with van der Waals surface area (Å²) in [5.41, 5.74) is 0.558. The third-order valence-corrected chi connectivity index (χ3v) is 2.77. The van der Waals surface area contributed by atoms with E-state index in [1.54, 1.807) is 0 Å². The molecule has 0 saturated heterocycles. The van der Waals surface area contributed by atoms with Gasteiger partial charge in [0.1, 0.15) is 11.4 Å². The molecule has 1 rings (SSSR count). The summed E-state index contributed by atoms with van der Waals surface area (Å²) in [5, 5.41) is 6.07. The largest absolute Gasteiger partial charge is 0.493 e. The molecule has 5 nitrogen and oxygen atoms in total. The summed E-state index contributed by atoms with van der Waals surface area (Å²) in [5.74, 6) is 1.38. The number of hydrogen-bond acceptors (Lipinski definition) is 4. The summed E-state index contributed by atoms with van der Waals surface area (Å²) in [6, 6.07) is 7.92. The number of rotatable bonds is 8. The quantitative estimate of drug-likeness (QED) is 0.709. The fraction of sp³-hybridized carbons (Fsp3) is 0.611. The van der Waals surface area contributed by atoms with Crippen LogP contribution in [0.25, 0.3) is 0 Å². The first kappa shape index (κ1) is 19.1. The van der Waals surface area contributed by atoms with Crippen molar-refractivity contribution >= 4 is 11.8 Å². The monoisotopic (exact) mass is 322 g/mol. The molecule has 0 heterocycles. The minimum atomic E-state index is -0.460. The molecule has 130 valence electrons. The molecular weight excluding hydrogens is 292 g/mol. The van der Waals surface area contributed by atoms with Crippen LogP contribution in [0.1, 0.15) is 41.0 Å². The standard InChI is InChI=1S/C18H30N2O3/c1-14(2)13-22-16-9-6-8-15(12-16)19-10-7-11-20-17(21)23-18(3,4)5/h6,8-9,12,14,19H,7,10-11,13H2,1-5H3,(H,20,21). The van der Waals surface area contributed by atoms with E-state index in [4.69, 9.17) is 9.47 Å². The van der Waals surface area contributed by atoms with Crippen molar-refractivity contribution in [3.63, 3.8) is 0 Å². The Kier molecular flexibility index (Phi) is 7.72. The highest BCUT2D eigenvalue weighted by Crippen LogP contribution is 2.17. The van der Waals surface area contributed by atoms with Gasteiger partial charge in [0.05, 0.1) is 6.61 Å². The smallest absolute Gasteiger partial charge is 0.407 e. The van der Waals surface area contributed by atoms with Crippen LogP contribution in [0.5, 0.6) is 5.75 Å². The normalized spacial score (nSPS) is 11.2. The third-order valence-electron chi connectivity index (χ3n) is 2.77. The topological polar surface area (TPSA) is 59.6 Å². The Morgan fingerprint density at radius 1 is 1.22 bits per heavy atom. The number of carbonyl (C=O) groups excluding carboxylic acids is 1. The van der Waals surface area contributed by atoms with Crippen LogP contribution in [0, 0.1) is 5.92 Å². The fourth-order valence-electron chi connectivity index (χ4n) is 1.78. The van der Waals surface area contributed by atoms with Crippen LogP contribution < -0.4 is 15.4 Å². The van der Waals surface area contributed by atoms with Crippen molar-refractivity contribution in [3.05, 3.63) is 24.3 Å². The molecule has 1 aromatic carbocycles. The van der Waals surface area contributed by atoms with E-state index < -0.39 is 5.60 Å². The van der Waals surface area contributed by atoms with Crippen molar-refractivity contribution in [2.45, 2.75) is 46.6 Å². The molecular formula is C18H30N2O3. The molecule has 0 bridgehead atoms. The van der Waals surface area contributed by atoms with Crippen LogP contribution >= 0.6 is 0 Å². The molecule has 0 aliphatic rings. The average Bonchev–Trinajstić information content (AvgIpc) is 2.43. The lowest BCUT2D eigenvalue weighted by atomic mass is 10.2. The number of alkyl carbamates (subject to hydrolysis) is 1. The third kappa shape index (κ3) is 9.66. The van der Waals surface area contributed by atoms with Crippen LogP contribution in [-0.2, 0) is 4.74 Å². The molecule has 1 aromatic rings. The van der Waals surface area contributed by atoms with Crippen molar-refractivity contribution in [2.24, 2.45) is 5.92 Å². The molecule has 0 saturated carbocycles. The van der Waals surface area contributed by atoms with E-state index >= 15 is 0 Å². The van der Waals surface area contributed by atoms with Crippen LogP contribution in [-0.4, -0.2) is 31.4 Å². The summed E-state index contributed by atoms with van der Waals surface area (Å²) in [4.78, 5) is 11.5. The molecule has 0 aliphatic heterocycles. The number of benzene rings is 1. The number of amides is 1. The summed E-state index contributed by atoms with van der Waals surface area (Å²) in [6.45, 7) is 11.9. The maximum Gasteiger partial charge on any atom is 0.407 e. The molecule has 0 aromatic heterocycles. The lowest BCUT2D eigenvalue weighted by Crippen LogP contribution is -2.33. The lowest BCUT2D eigenvalue weighted by molar-refractivity contribution is 0.0528. The Morgan fingerprint density at radius 2 is 1.96 bits per heavy atom. The number of nitrogens with one attached hydrogen (secondary N) is 2. The molecule has 0 atom stereocenters. The minimum absolute atomic E-state index is 0.374. The number of carbonyl (C=O) groups is 1. The fourth-order valence-corrected chi connectivity index (χ4v) is 1.78. The second-order valence-corrected chi connectivity index (χ2v) is 6.94. The molecule has 0 radical (unpaired) electrons. The van der Waals surface area contributed by atoms with Crippen molar-refractivity contribution in [3.8, 4) is 5.75 Å². The van der Waals surface area contributed by atoms with Crippen LogP contribution in [0.3, 0.4) is 0 Å². The van der Waals surface area contributed by atoms with E-state index in [9.17, 15) is 4.79 Å². The highest BCUT2D eigenvalue weighted by Gasteiger charge is 2.15. The van der Waals surface area contributed by atoms with Gasteiger partial charge in [-0.15, -0.1) is 0 Å². The number of ether oxygens (including phenoxy) is 2. The van der Waals surface area contributed by atoms with E-state index in [0.717, 1.165) is 24.4 Å². The second-order valence-electron chi connectivity index (χ2n) is 6.94. The summed E-state index contributed by atoms with van der Waals surface area (Å²) >= 11 is 0. The first-order valence-corrected chi connectivity index (χ1v) is 8.20. The predicted molar refractivity (Wildman–Crippen MR) is 94.1 cm³/mol. The molecule has 0 spiro atoms. The Balaban J connectivity index is 2.23. The van der Waals surface area contributed by atoms with E-state index in [1.165, 1.54) is 0 Å². The van der Waals surface area contributed by atoms with Gasteiger partial charge >= 0.3 is 6.09 Å². The van der Waals surface area contributed by atoms with Gasteiger partial charge in [0.25, 0.3) is 0 Å². The predicted octanol–water partition coefficient (Wildman–Crippen LogP) is 4.05. The van der Waals surface area contributed by atoms with Crippen molar-refractivity contribution in [1.29, 1.82) is 0 Å². The Morgan fingerprint density at radius 3 is 2.61 bits per heavy atom. The van der Waals surface area contributed by atoms with E-state index in [-0.39, 0.29) is 6.09 Å². The van der Waals surface area contributed by atoms with Crippen LogP contribution in [0.15, 0.2) is 24.3 Å². The molecule has 2 N–H and O–H groups in total. The zero-order valence-corrected chi connectivity index (χ0v) is 14.9. The van der Waals surface area contributed by atoms with E-state index in [2.05, 4.69) is 24.5 Å². The summed E-state index contributed by atoms with van der Waals surface area (Å²) < 4.78 is 10.9. The van der Waals surface area contributed by atoms with Gasteiger partial charge in [0, 0.05) is 24.8 Å². The molecule has 0 aliphatic carbocycles. The first-order valence-electron chi connectivity index (χ1n) is 8.20. The molecule has 23 heavy (non-hydrogen) atoms. The van der Waals surface area contributed by atoms with Gasteiger partial charge in [-0.3, -0.25) is 0 Å². The van der Waals surface area contributed by atoms with Gasteiger partial charge < -0.3 is 20.1 Å². The SMILES string of the molecule is CC(C)COc1cccc(NCCCNC(=O)OC(C)(C)C)c1. The van der Waals surface area contributed by atoms with Gasteiger partial charge in [-0.1, -0.05) is 19.9 Å². The molecule has 0 fully saturated rings. The zero-order chi connectivity index (χ0) is 17.3. The molecule has 1 amide bonds. The van der Waals surface area contributed by atoms with Gasteiger partial charge in [0.15, 0.2) is 0 Å². The Hall–Kier alpha value is -1.91. The van der Waals surface area contributed by atoms with Gasteiger partial charge in [-0.2, -0.15) is 0 Å². The van der Waals surface area contributed by atoms with E-state index in [1.807, 2.05) is 45.0 Å². The second kappa shape index (κ2) is 9.28.